The Hall–Kier alpha value is -2.40. The number of nitrogens with zero attached hydrogens (tertiary/aromatic N) is 5. The molecule has 2 atom stereocenters. The lowest BCUT2D eigenvalue weighted by molar-refractivity contribution is -0.138. The van der Waals surface area contributed by atoms with Crippen LogP contribution in [0.3, 0.4) is 0 Å². The largest absolute Gasteiger partial charge is 0.421 e. The molecule has 3 aromatic rings. The molecule has 0 radical (unpaired) electrons. The molecule has 5 rings (SSSR count). The van der Waals surface area contributed by atoms with Gasteiger partial charge in [0.1, 0.15) is 16.9 Å². The number of benzene rings is 1. The van der Waals surface area contributed by atoms with E-state index in [0.29, 0.717) is 34.8 Å². The highest BCUT2D eigenvalue weighted by Gasteiger charge is 2.38. The number of pyridine rings is 1. The van der Waals surface area contributed by atoms with Crippen molar-refractivity contribution < 1.29 is 18.3 Å². The minimum atomic E-state index is -4.86. The predicted molar refractivity (Wildman–Crippen MR) is 141 cm³/mol. The average molecular weight is 570 g/mol. The van der Waals surface area contributed by atoms with Gasteiger partial charge in [0.2, 0.25) is 0 Å². The quantitative estimate of drug-likeness (QED) is 0.456. The van der Waals surface area contributed by atoms with Crippen LogP contribution in [-0.4, -0.2) is 63.9 Å². The molecular weight excluding hydrogens is 542 g/mol. The number of hydrogen-bond donors (Lipinski definition) is 1. The number of anilines is 1. The summed E-state index contributed by atoms with van der Waals surface area (Å²) in [5.74, 6) is 1.48. The van der Waals surface area contributed by atoms with E-state index in [4.69, 9.17) is 23.2 Å². The number of likely N-dealkylation sites (tertiary alicyclic amines) is 1. The number of halogens is 5. The lowest BCUT2D eigenvalue weighted by atomic mass is 9.80. The minimum Gasteiger partial charge on any atom is -0.395 e. The molecule has 2 aliphatic rings. The van der Waals surface area contributed by atoms with E-state index in [0.717, 1.165) is 49.7 Å². The zero-order valence-electron chi connectivity index (χ0n) is 20.8. The summed E-state index contributed by atoms with van der Waals surface area (Å²) in [6.07, 6.45) is -1.17. The SMILES string of the molecule is C[C@H](c1ccc(Cl)cc1Cl)n1c(=O)c(C(F)(F)F)cc2ncc(N3CC([C@H]4CCCN(CCO)C4)C3)nc21. The van der Waals surface area contributed by atoms with Crippen LogP contribution in [-0.2, 0) is 6.18 Å². The normalized spacial score (nSPS) is 20.1. The topological polar surface area (TPSA) is 74.5 Å². The fourth-order valence-electron chi connectivity index (χ4n) is 5.60. The van der Waals surface area contributed by atoms with Crippen molar-refractivity contribution >= 4 is 40.2 Å². The molecule has 0 amide bonds. The Labute approximate surface area is 227 Å². The van der Waals surface area contributed by atoms with Gasteiger partial charge in [0.15, 0.2) is 5.65 Å². The molecule has 2 saturated heterocycles. The van der Waals surface area contributed by atoms with Gasteiger partial charge in [0.25, 0.3) is 5.56 Å². The molecule has 0 aliphatic carbocycles. The first-order valence-corrected chi connectivity index (χ1v) is 13.3. The van der Waals surface area contributed by atoms with E-state index >= 15 is 0 Å². The van der Waals surface area contributed by atoms with Crippen LogP contribution in [0.5, 0.6) is 0 Å². The van der Waals surface area contributed by atoms with Crippen LogP contribution >= 0.6 is 23.2 Å². The average Bonchev–Trinajstić information content (AvgIpc) is 2.82. The molecular formula is C26H28Cl2F3N5O2. The maximum atomic E-state index is 13.8. The Morgan fingerprint density at radius 3 is 2.61 bits per heavy atom. The standard InChI is InChI=1S/C26H28Cl2F3N5O2/c1-15(19-5-4-18(27)9-21(19)28)36-24-22(10-20(25(36)38)26(29,30)31)32-11-23(33-24)35-13-17(14-35)16-3-2-6-34(12-16)7-8-37/h4-5,9-11,15-17,37H,2-3,6-8,12-14H2,1H3/t15-,16+/m1/s1. The van der Waals surface area contributed by atoms with Gasteiger partial charge in [-0.25, -0.2) is 9.97 Å². The van der Waals surface area contributed by atoms with Crippen molar-refractivity contribution in [3.05, 3.63) is 62.0 Å². The molecule has 12 heteroatoms. The highest BCUT2D eigenvalue weighted by molar-refractivity contribution is 6.35. The van der Waals surface area contributed by atoms with Crippen LogP contribution in [0.25, 0.3) is 11.2 Å². The highest BCUT2D eigenvalue weighted by atomic mass is 35.5. The van der Waals surface area contributed by atoms with E-state index in [1.165, 1.54) is 12.3 Å². The minimum absolute atomic E-state index is 0.0263. The molecule has 4 heterocycles. The second-order valence-electron chi connectivity index (χ2n) is 10.1. The van der Waals surface area contributed by atoms with Crippen molar-refractivity contribution in [1.82, 2.24) is 19.4 Å². The number of alkyl halides is 3. The van der Waals surface area contributed by atoms with Gasteiger partial charge >= 0.3 is 6.18 Å². The molecule has 1 N–H and O–H groups in total. The third kappa shape index (κ3) is 5.23. The second-order valence-corrected chi connectivity index (χ2v) is 10.9. The maximum absolute atomic E-state index is 13.8. The molecule has 1 aromatic carbocycles. The highest BCUT2D eigenvalue weighted by Crippen LogP contribution is 2.35. The van der Waals surface area contributed by atoms with Gasteiger partial charge < -0.3 is 14.9 Å². The van der Waals surface area contributed by atoms with Gasteiger partial charge in [-0.05, 0) is 61.9 Å². The van der Waals surface area contributed by atoms with E-state index in [2.05, 4.69) is 14.9 Å². The summed E-state index contributed by atoms with van der Waals surface area (Å²) in [6.45, 7) is 5.87. The van der Waals surface area contributed by atoms with E-state index in [-0.39, 0.29) is 22.8 Å². The van der Waals surface area contributed by atoms with Crippen LogP contribution in [0, 0.1) is 11.8 Å². The Bertz CT molecular complexity index is 1390. The molecule has 2 aromatic heterocycles. The molecule has 0 saturated carbocycles. The number of aliphatic hydroxyl groups excluding tert-OH is 1. The molecule has 38 heavy (non-hydrogen) atoms. The summed E-state index contributed by atoms with van der Waals surface area (Å²) >= 11 is 12.4. The summed E-state index contributed by atoms with van der Waals surface area (Å²) in [4.78, 5) is 26.5. The zero-order valence-corrected chi connectivity index (χ0v) is 22.3. The van der Waals surface area contributed by atoms with Crippen molar-refractivity contribution in [1.29, 1.82) is 0 Å². The number of aliphatic hydroxyl groups is 1. The van der Waals surface area contributed by atoms with Crippen molar-refractivity contribution in [3.8, 4) is 0 Å². The molecule has 2 aliphatic heterocycles. The number of rotatable bonds is 6. The summed E-state index contributed by atoms with van der Waals surface area (Å²) in [6, 6.07) is 4.56. The molecule has 2 fully saturated rings. The van der Waals surface area contributed by atoms with Gasteiger partial charge in [-0.15, -0.1) is 0 Å². The lowest BCUT2D eigenvalue weighted by Gasteiger charge is -2.47. The van der Waals surface area contributed by atoms with E-state index in [1.54, 1.807) is 19.1 Å². The number of fused-ring (bicyclic) bond motifs is 1. The van der Waals surface area contributed by atoms with E-state index in [9.17, 15) is 23.1 Å². The fraction of sp³-hybridized carbons (Fsp3) is 0.500. The number of hydrogen-bond acceptors (Lipinski definition) is 6. The van der Waals surface area contributed by atoms with Crippen molar-refractivity contribution in [2.45, 2.75) is 32.0 Å². The Morgan fingerprint density at radius 1 is 1.16 bits per heavy atom. The van der Waals surface area contributed by atoms with Gasteiger partial charge in [-0.1, -0.05) is 29.3 Å². The molecule has 204 valence electrons. The first-order chi connectivity index (χ1) is 18.1. The molecule has 7 nitrogen and oxygen atoms in total. The van der Waals surface area contributed by atoms with Crippen LogP contribution in [0.4, 0.5) is 19.0 Å². The lowest BCUT2D eigenvalue weighted by Crippen LogP contribution is -2.54. The number of β-amino-alcohol motifs (C(OH)–C–C–N with tert-alkyl or cyclic N) is 1. The van der Waals surface area contributed by atoms with Crippen LogP contribution in [0.15, 0.2) is 35.3 Å². The maximum Gasteiger partial charge on any atom is 0.421 e. The van der Waals surface area contributed by atoms with Gasteiger partial charge in [-0.2, -0.15) is 13.2 Å². The fourth-order valence-corrected chi connectivity index (χ4v) is 6.16. The smallest absolute Gasteiger partial charge is 0.395 e. The third-order valence-corrected chi connectivity index (χ3v) is 8.25. The molecule has 0 spiro atoms. The monoisotopic (exact) mass is 569 g/mol. The Morgan fingerprint density at radius 2 is 1.92 bits per heavy atom. The van der Waals surface area contributed by atoms with Crippen LogP contribution < -0.4 is 10.5 Å². The van der Waals surface area contributed by atoms with E-state index in [1.807, 2.05) is 4.90 Å². The Kier molecular flexibility index (Phi) is 7.61. The summed E-state index contributed by atoms with van der Waals surface area (Å²) in [5.41, 5.74) is -2.03. The third-order valence-electron chi connectivity index (χ3n) is 7.69. The number of piperidine rings is 1. The summed E-state index contributed by atoms with van der Waals surface area (Å²) < 4.78 is 42.4. The molecule has 0 unspecified atom stereocenters. The van der Waals surface area contributed by atoms with Crippen molar-refractivity contribution in [3.63, 3.8) is 0 Å². The summed E-state index contributed by atoms with van der Waals surface area (Å²) in [5, 5.41) is 9.88. The van der Waals surface area contributed by atoms with Gasteiger partial charge in [-0.3, -0.25) is 9.36 Å². The number of aromatic nitrogens is 3. The summed E-state index contributed by atoms with van der Waals surface area (Å²) in [7, 11) is 0. The van der Waals surface area contributed by atoms with Crippen molar-refractivity contribution in [2.24, 2.45) is 11.8 Å². The predicted octanol–water partition coefficient (Wildman–Crippen LogP) is 4.87. The Balaban J connectivity index is 1.49. The van der Waals surface area contributed by atoms with Crippen LogP contribution in [0.2, 0.25) is 10.0 Å². The second kappa shape index (κ2) is 10.6. The van der Waals surface area contributed by atoms with E-state index < -0.39 is 23.3 Å². The molecule has 0 bridgehead atoms. The van der Waals surface area contributed by atoms with Crippen LogP contribution in [0.1, 0.15) is 36.9 Å². The first-order valence-electron chi connectivity index (χ1n) is 12.6. The van der Waals surface area contributed by atoms with Crippen molar-refractivity contribution in [2.75, 3.05) is 44.2 Å². The van der Waals surface area contributed by atoms with Gasteiger partial charge in [0, 0.05) is 36.2 Å². The zero-order chi connectivity index (χ0) is 27.2. The first kappa shape index (κ1) is 27.2. The van der Waals surface area contributed by atoms with Gasteiger partial charge in [0.05, 0.1) is 18.8 Å².